The van der Waals surface area contributed by atoms with Crippen molar-refractivity contribution in [1.29, 1.82) is 0 Å². The highest BCUT2D eigenvalue weighted by Crippen LogP contribution is 2.35. The van der Waals surface area contributed by atoms with Crippen LogP contribution in [0.1, 0.15) is 25.5 Å². The van der Waals surface area contributed by atoms with E-state index in [1.807, 2.05) is 6.92 Å². The van der Waals surface area contributed by atoms with Gasteiger partial charge in [-0.2, -0.15) is 13.1 Å². The van der Waals surface area contributed by atoms with Crippen molar-refractivity contribution in [3.63, 3.8) is 0 Å². The maximum absolute atomic E-state index is 13.0. The highest BCUT2D eigenvalue weighted by molar-refractivity contribution is 7.85. The number of benzene rings is 1. The Kier molecular flexibility index (Phi) is 2.92. The maximum atomic E-state index is 13.0. The van der Waals surface area contributed by atoms with Crippen molar-refractivity contribution < 1.29 is 17.0 Å². The van der Waals surface area contributed by atoms with Gasteiger partial charge in [-0.25, -0.2) is 4.39 Å². The van der Waals surface area contributed by atoms with E-state index in [0.717, 1.165) is 11.6 Å². The lowest BCUT2D eigenvalue weighted by Crippen LogP contribution is -2.37. The van der Waals surface area contributed by atoms with Gasteiger partial charge in [0.25, 0.3) is 0 Å². The Labute approximate surface area is 99.4 Å². The minimum Gasteiger partial charge on any atom is -0.370 e. The molecule has 1 heterocycles. The summed E-state index contributed by atoms with van der Waals surface area (Å²) >= 11 is 0. The van der Waals surface area contributed by atoms with Crippen LogP contribution in [0.3, 0.4) is 0 Å². The van der Waals surface area contributed by atoms with E-state index in [4.69, 9.17) is 4.18 Å². The molecule has 1 aliphatic heterocycles. The van der Waals surface area contributed by atoms with E-state index in [1.54, 1.807) is 13.0 Å². The van der Waals surface area contributed by atoms with E-state index in [9.17, 15) is 12.8 Å². The summed E-state index contributed by atoms with van der Waals surface area (Å²) in [5, 5.41) is 0. The van der Waals surface area contributed by atoms with Gasteiger partial charge in [0.1, 0.15) is 5.82 Å². The van der Waals surface area contributed by atoms with Gasteiger partial charge in [-0.15, -0.1) is 0 Å². The smallest absolute Gasteiger partial charge is 0.370 e. The van der Waals surface area contributed by atoms with Crippen LogP contribution in [-0.4, -0.2) is 8.42 Å². The summed E-state index contributed by atoms with van der Waals surface area (Å²) in [5.74, 6) is -0.493. The number of hydrogen-bond acceptors (Lipinski definition) is 3. The molecule has 1 N–H and O–H groups in total. The van der Waals surface area contributed by atoms with Crippen molar-refractivity contribution in [2.24, 2.45) is 0 Å². The van der Waals surface area contributed by atoms with Gasteiger partial charge in [0.2, 0.25) is 0 Å². The molecule has 6 heteroatoms. The molecule has 1 aliphatic rings. The van der Waals surface area contributed by atoms with Crippen LogP contribution in [0, 0.1) is 5.82 Å². The zero-order chi connectivity index (χ0) is 12.6. The molecule has 1 atom stereocenters. The van der Waals surface area contributed by atoms with E-state index in [-0.39, 0.29) is 5.75 Å². The summed E-state index contributed by atoms with van der Waals surface area (Å²) in [6.07, 6.45) is 1.80. The third-order valence-electron chi connectivity index (χ3n) is 2.66. The summed E-state index contributed by atoms with van der Waals surface area (Å²) in [6, 6.07) is 3.36. The standard InChI is InChI=1S/C11H12FNO3S/c1-3-7(2)11-9-5-4-8(12)6-10(9)16-17(14,15)13-11/h3-6,11,13H,1-2H3/b7-3+/t11-/m1/s1. The average molecular weight is 257 g/mol. The normalized spacial score (nSPS) is 22.8. The molecule has 1 aromatic rings. The van der Waals surface area contributed by atoms with Crippen LogP contribution >= 0.6 is 0 Å². The van der Waals surface area contributed by atoms with Gasteiger partial charge in [-0.05, 0) is 19.9 Å². The van der Waals surface area contributed by atoms with E-state index in [2.05, 4.69) is 4.72 Å². The van der Waals surface area contributed by atoms with E-state index >= 15 is 0 Å². The fourth-order valence-corrected chi connectivity index (χ4v) is 2.70. The second-order valence-electron chi connectivity index (χ2n) is 3.80. The quantitative estimate of drug-likeness (QED) is 0.783. The summed E-state index contributed by atoms with van der Waals surface area (Å²) in [4.78, 5) is 0. The van der Waals surface area contributed by atoms with Crippen LogP contribution in [0.25, 0.3) is 0 Å². The highest BCUT2D eigenvalue weighted by Gasteiger charge is 2.31. The van der Waals surface area contributed by atoms with Crippen molar-refractivity contribution in [1.82, 2.24) is 4.72 Å². The molecule has 92 valence electrons. The topological polar surface area (TPSA) is 55.4 Å². The van der Waals surface area contributed by atoms with Crippen molar-refractivity contribution in [2.45, 2.75) is 19.9 Å². The zero-order valence-corrected chi connectivity index (χ0v) is 10.2. The first-order valence-electron chi connectivity index (χ1n) is 5.07. The lowest BCUT2D eigenvalue weighted by molar-refractivity contribution is 0.437. The molecule has 0 bridgehead atoms. The molecule has 0 aliphatic carbocycles. The van der Waals surface area contributed by atoms with E-state index in [0.29, 0.717) is 5.56 Å². The zero-order valence-electron chi connectivity index (χ0n) is 9.40. The molecule has 0 aromatic heterocycles. The molecule has 2 rings (SSSR count). The number of rotatable bonds is 1. The molecule has 0 unspecified atom stereocenters. The molecule has 0 saturated carbocycles. The van der Waals surface area contributed by atoms with Crippen molar-refractivity contribution in [3.05, 3.63) is 41.2 Å². The molecule has 0 radical (unpaired) electrons. The van der Waals surface area contributed by atoms with Crippen molar-refractivity contribution >= 4 is 10.3 Å². The fourth-order valence-electron chi connectivity index (χ4n) is 1.67. The SMILES string of the molecule is C/C=C(\C)[C@H]1NS(=O)(=O)Oc2cc(F)ccc21. The summed E-state index contributed by atoms with van der Waals surface area (Å²) in [6.45, 7) is 3.61. The van der Waals surface area contributed by atoms with Gasteiger partial charge in [0.15, 0.2) is 5.75 Å². The third kappa shape index (κ3) is 2.32. The number of hydrogen-bond donors (Lipinski definition) is 1. The third-order valence-corrected chi connectivity index (χ3v) is 3.58. The fraction of sp³-hybridized carbons (Fsp3) is 0.273. The Balaban J connectivity index is 2.59. The van der Waals surface area contributed by atoms with E-state index < -0.39 is 22.2 Å². The summed E-state index contributed by atoms with van der Waals surface area (Å²) < 4.78 is 43.1. The highest BCUT2D eigenvalue weighted by atomic mass is 32.2. The minimum atomic E-state index is -3.87. The Morgan fingerprint density at radius 3 is 2.88 bits per heavy atom. The number of nitrogens with one attached hydrogen (secondary N) is 1. The van der Waals surface area contributed by atoms with Crippen LogP contribution in [0.5, 0.6) is 5.75 Å². The predicted octanol–water partition coefficient (Wildman–Crippen LogP) is 2.06. The van der Waals surface area contributed by atoms with Gasteiger partial charge in [-0.1, -0.05) is 17.7 Å². The van der Waals surface area contributed by atoms with Gasteiger partial charge < -0.3 is 4.18 Å². The van der Waals surface area contributed by atoms with Gasteiger partial charge in [0.05, 0.1) is 6.04 Å². The summed E-state index contributed by atoms with van der Waals surface area (Å²) in [7, 11) is -3.87. The first kappa shape index (κ1) is 12.1. The second kappa shape index (κ2) is 4.12. The lowest BCUT2D eigenvalue weighted by Gasteiger charge is -2.26. The monoisotopic (exact) mass is 257 g/mol. The van der Waals surface area contributed by atoms with E-state index in [1.165, 1.54) is 12.1 Å². The first-order valence-corrected chi connectivity index (χ1v) is 6.48. The van der Waals surface area contributed by atoms with Crippen molar-refractivity contribution in [3.8, 4) is 5.75 Å². The van der Waals surface area contributed by atoms with Crippen LogP contribution in [0.2, 0.25) is 0 Å². The van der Waals surface area contributed by atoms with Gasteiger partial charge >= 0.3 is 10.3 Å². The second-order valence-corrected chi connectivity index (χ2v) is 5.11. The lowest BCUT2D eigenvalue weighted by atomic mass is 9.99. The Morgan fingerprint density at radius 1 is 1.53 bits per heavy atom. The van der Waals surface area contributed by atoms with Crippen LogP contribution in [0.15, 0.2) is 29.8 Å². The average Bonchev–Trinajstić information content (AvgIpc) is 2.25. The molecule has 17 heavy (non-hydrogen) atoms. The molecule has 1 aromatic carbocycles. The van der Waals surface area contributed by atoms with Crippen LogP contribution in [0.4, 0.5) is 4.39 Å². The molecule has 0 saturated heterocycles. The molecule has 0 amide bonds. The summed E-state index contributed by atoms with van der Waals surface area (Å²) in [5.41, 5.74) is 1.43. The van der Waals surface area contributed by atoms with Crippen LogP contribution in [-0.2, 0) is 10.3 Å². The first-order chi connectivity index (χ1) is 7.93. The van der Waals surface area contributed by atoms with Gasteiger partial charge in [0, 0.05) is 11.6 Å². The molecular weight excluding hydrogens is 245 g/mol. The van der Waals surface area contributed by atoms with Gasteiger partial charge in [-0.3, -0.25) is 0 Å². The molecule has 0 spiro atoms. The Morgan fingerprint density at radius 2 is 2.24 bits per heavy atom. The minimum absolute atomic E-state index is 0.0370. The Hall–Kier alpha value is -1.40. The number of halogens is 1. The maximum Gasteiger partial charge on any atom is 0.383 e. The predicted molar refractivity (Wildman–Crippen MR) is 61.3 cm³/mol. The number of allylic oxidation sites excluding steroid dienone is 1. The molecule has 4 nitrogen and oxygen atoms in total. The van der Waals surface area contributed by atoms with Crippen LogP contribution < -0.4 is 8.91 Å². The van der Waals surface area contributed by atoms with Crippen molar-refractivity contribution in [2.75, 3.05) is 0 Å². The largest absolute Gasteiger partial charge is 0.383 e. The molecule has 0 fully saturated rings. The molecular formula is C11H12FNO3S. The Bertz CT molecular complexity index is 580. The number of fused-ring (bicyclic) bond motifs is 1.